The Bertz CT molecular complexity index is 1750. The van der Waals surface area contributed by atoms with E-state index in [0.717, 1.165) is 17.0 Å². The van der Waals surface area contributed by atoms with E-state index in [0.29, 0.717) is 42.0 Å². The summed E-state index contributed by atoms with van der Waals surface area (Å²) in [4.78, 5) is 54.8. The van der Waals surface area contributed by atoms with Crippen LogP contribution in [0.1, 0.15) is 48.2 Å². The highest BCUT2D eigenvalue weighted by Gasteiger charge is 2.34. The van der Waals surface area contributed by atoms with E-state index >= 15 is 0 Å². The molecule has 16 heteroatoms. The fourth-order valence-corrected chi connectivity index (χ4v) is 4.88. The molecule has 1 amide bonds. The number of amides is 1. The van der Waals surface area contributed by atoms with Gasteiger partial charge >= 0.3 is 11.9 Å². The van der Waals surface area contributed by atoms with Crippen molar-refractivity contribution < 1.29 is 22.5 Å². The van der Waals surface area contributed by atoms with Crippen LogP contribution in [0.4, 0.5) is 19.0 Å². The first-order valence-electron chi connectivity index (χ1n) is 13.4. The number of carbonyl (C=O) groups is 1. The maximum Gasteiger partial charge on any atom is 0.451 e. The standard InChI is InChI=1S/C27H28F3N9O4/c1-14(23(40)36-21-12-31-11-20(35-21)17-9-33-25(34-10-17)27(28,29)30)6-16-4-5-19-22(32-8-16)38(3)26(42)39(24(19)41)13-18-7-15(2)43-37-18/h7-10,12,14,16,31H,4-6,11,13H2,1-3H3,(H,36,40)/t14-,16?/m1/s1. The molecule has 5 heterocycles. The summed E-state index contributed by atoms with van der Waals surface area (Å²) < 4.78 is 45.8. The molecule has 3 aromatic rings. The highest BCUT2D eigenvalue weighted by atomic mass is 19.4. The van der Waals surface area contributed by atoms with Gasteiger partial charge in [0.25, 0.3) is 5.56 Å². The lowest BCUT2D eigenvalue weighted by Gasteiger charge is -2.19. The van der Waals surface area contributed by atoms with Crippen LogP contribution < -0.4 is 21.9 Å². The van der Waals surface area contributed by atoms with Gasteiger partial charge in [-0.3, -0.25) is 18.7 Å². The second kappa shape index (κ2) is 11.8. The van der Waals surface area contributed by atoms with Gasteiger partial charge in [-0.05, 0) is 32.1 Å². The number of aryl methyl sites for hydroxylation is 1. The number of alkyl halides is 3. The number of fused-ring (bicyclic) bond motifs is 1. The molecule has 43 heavy (non-hydrogen) atoms. The molecule has 0 saturated carbocycles. The Morgan fingerprint density at radius 1 is 1.26 bits per heavy atom. The van der Waals surface area contributed by atoms with Crippen molar-refractivity contribution in [2.45, 2.75) is 45.8 Å². The first-order valence-corrected chi connectivity index (χ1v) is 13.4. The summed E-state index contributed by atoms with van der Waals surface area (Å²) in [6, 6.07) is 1.66. The van der Waals surface area contributed by atoms with Crippen LogP contribution in [0.5, 0.6) is 0 Å². The van der Waals surface area contributed by atoms with E-state index in [4.69, 9.17) is 4.52 Å². The van der Waals surface area contributed by atoms with E-state index in [1.807, 2.05) is 0 Å². The van der Waals surface area contributed by atoms with Crippen molar-refractivity contribution in [1.29, 1.82) is 0 Å². The third-order valence-electron chi connectivity index (χ3n) is 7.14. The zero-order valence-electron chi connectivity index (χ0n) is 23.5. The second-order valence-corrected chi connectivity index (χ2v) is 10.4. The molecule has 13 nitrogen and oxygen atoms in total. The maximum atomic E-state index is 13.3. The minimum absolute atomic E-state index is 0.0265. The van der Waals surface area contributed by atoms with Crippen molar-refractivity contribution in [3.05, 3.63) is 79.7 Å². The average molecular weight is 600 g/mol. The quantitative estimate of drug-likeness (QED) is 0.417. The molecule has 0 aliphatic carbocycles. The summed E-state index contributed by atoms with van der Waals surface area (Å²) in [6.45, 7) is 3.65. The van der Waals surface area contributed by atoms with E-state index in [1.54, 1.807) is 33.2 Å². The van der Waals surface area contributed by atoms with E-state index in [-0.39, 0.29) is 42.1 Å². The Balaban J connectivity index is 1.23. The van der Waals surface area contributed by atoms with Gasteiger partial charge in [-0.2, -0.15) is 13.2 Å². The average Bonchev–Trinajstić information content (AvgIpc) is 3.27. The van der Waals surface area contributed by atoms with Crippen molar-refractivity contribution in [1.82, 2.24) is 34.9 Å². The number of nitrogens with zero attached hydrogens (tertiary/aromatic N) is 7. The van der Waals surface area contributed by atoms with Crippen molar-refractivity contribution in [2.75, 3.05) is 6.54 Å². The predicted octanol–water partition coefficient (Wildman–Crippen LogP) is 2.00. The number of nitrogens with one attached hydrogen (secondary N) is 2. The Kier molecular flexibility index (Phi) is 8.10. The molecule has 226 valence electrons. The number of aromatic nitrogens is 5. The van der Waals surface area contributed by atoms with Crippen LogP contribution in [-0.2, 0) is 31.0 Å². The summed E-state index contributed by atoms with van der Waals surface area (Å²) in [6.07, 6.45) is 1.88. The van der Waals surface area contributed by atoms with Gasteiger partial charge in [-0.15, -0.1) is 0 Å². The number of hydrogen-bond acceptors (Lipinski definition) is 10. The van der Waals surface area contributed by atoms with Gasteiger partial charge in [-0.1, -0.05) is 12.1 Å². The topological polar surface area (TPSA) is 162 Å². The third kappa shape index (κ3) is 6.47. The van der Waals surface area contributed by atoms with Crippen molar-refractivity contribution in [3.8, 4) is 0 Å². The molecular weight excluding hydrogens is 571 g/mol. The SMILES string of the molecule is Cc1cc(Cn2c(=O)c3c(n(C)c2=O)N=CC(C[C@@H](C)C(=O)NC2=CNCC(c4cnc(C(F)(F)F)nc4)=N2)CC3)no1. The molecule has 2 aliphatic rings. The number of rotatable bonds is 7. The predicted molar refractivity (Wildman–Crippen MR) is 148 cm³/mol. The molecule has 0 bridgehead atoms. The number of aliphatic imine (C=N–C) groups is 2. The van der Waals surface area contributed by atoms with Crippen molar-refractivity contribution >= 4 is 23.7 Å². The normalized spacial score (nSPS) is 17.3. The van der Waals surface area contributed by atoms with E-state index < -0.39 is 29.2 Å². The van der Waals surface area contributed by atoms with Crippen LogP contribution in [0.3, 0.4) is 0 Å². The van der Waals surface area contributed by atoms with Gasteiger partial charge in [-0.25, -0.2) is 24.7 Å². The van der Waals surface area contributed by atoms with E-state index in [1.165, 1.54) is 10.8 Å². The lowest BCUT2D eigenvalue weighted by atomic mass is 9.91. The van der Waals surface area contributed by atoms with Gasteiger partial charge in [0, 0.05) is 49.4 Å². The zero-order valence-corrected chi connectivity index (χ0v) is 23.5. The highest BCUT2D eigenvalue weighted by Crippen LogP contribution is 2.26. The van der Waals surface area contributed by atoms with Crippen molar-refractivity contribution in [3.63, 3.8) is 0 Å². The molecule has 2 N–H and O–H groups in total. The van der Waals surface area contributed by atoms with Gasteiger partial charge in [0.05, 0.1) is 24.4 Å². The van der Waals surface area contributed by atoms with Gasteiger partial charge in [0.15, 0.2) is 0 Å². The molecule has 0 fully saturated rings. The lowest BCUT2D eigenvalue weighted by molar-refractivity contribution is -0.145. The van der Waals surface area contributed by atoms with Gasteiger partial charge in [0.2, 0.25) is 11.7 Å². The minimum atomic E-state index is -4.65. The molecular formula is C27H28F3N9O4. The molecule has 2 aliphatic heterocycles. The monoisotopic (exact) mass is 599 g/mol. The largest absolute Gasteiger partial charge is 0.451 e. The molecule has 1 unspecified atom stereocenters. The minimum Gasteiger partial charge on any atom is -0.382 e. The number of halogens is 3. The Morgan fingerprint density at radius 2 is 2.00 bits per heavy atom. The van der Waals surface area contributed by atoms with E-state index in [2.05, 4.69) is 35.7 Å². The second-order valence-electron chi connectivity index (χ2n) is 10.4. The summed E-state index contributed by atoms with van der Waals surface area (Å²) in [7, 11) is 1.55. The molecule has 2 atom stereocenters. The lowest BCUT2D eigenvalue weighted by Crippen LogP contribution is -2.41. The summed E-state index contributed by atoms with van der Waals surface area (Å²) in [5, 5.41) is 9.54. The first kappa shape index (κ1) is 29.6. The van der Waals surface area contributed by atoms with Crippen molar-refractivity contribution in [2.24, 2.45) is 28.9 Å². The van der Waals surface area contributed by atoms with Crippen LogP contribution in [0.2, 0.25) is 0 Å². The van der Waals surface area contributed by atoms with Crippen LogP contribution in [0.25, 0.3) is 0 Å². The van der Waals surface area contributed by atoms with Crippen LogP contribution >= 0.6 is 0 Å². The fraction of sp³-hybridized carbons (Fsp3) is 0.407. The smallest absolute Gasteiger partial charge is 0.382 e. The number of hydrogen-bond donors (Lipinski definition) is 2. The summed E-state index contributed by atoms with van der Waals surface area (Å²) >= 11 is 0. The third-order valence-corrected chi connectivity index (χ3v) is 7.14. The Labute approximate surface area is 242 Å². The first-order chi connectivity index (χ1) is 20.4. The molecule has 0 aromatic carbocycles. The Morgan fingerprint density at radius 3 is 2.67 bits per heavy atom. The van der Waals surface area contributed by atoms with Gasteiger partial charge in [0.1, 0.15) is 23.1 Å². The molecule has 0 radical (unpaired) electrons. The zero-order chi connectivity index (χ0) is 30.9. The molecule has 5 rings (SSSR count). The number of carbonyl (C=O) groups excluding carboxylic acids is 1. The summed E-state index contributed by atoms with van der Waals surface area (Å²) in [5.41, 5.74) is 0.552. The van der Waals surface area contributed by atoms with Crippen LogP contribution in [-0.4, -0.2) is 48.6 Å². The molecule has 0 spiro atoms. The summed E-state index contributed by atoms with van der Waals surface area (Å²) in [5.74, 6) is -1.17. The highest BCUT2D eigenvalue weighted by molar-refractivity contribution is 6.03. The van der Waals surface area contributed by atoms with Gasteiger partial charge < -0.3 is 15.2 Å². The maximum absolute atomic E-state index is 13.3. The van der Waals surface area contributed by atoms with Crippen LogP contribution in [0, 0.1) is 18.8 Å². The molecule has 0 saturated heterocycles. The Hall–Kier alpha value is -4.89. The molecule has 3 aromatic heterocycles. The fourth-order valence-electron chi connectivity index (χ4n) is 4.88. The van der Waals surface area contributed by atoms with Crippen LogP contribution in [0.15, 0.2) is 54.6 Å². The van der Waals surface area contributed by atoms with E-state index in [9.17, 15) is 27.6 Å².